The molecule has 0 aromatic heterocycles. The lowest BCUT2D eigenvalue weighted by molar-refractivity contribution is -0.987. The highest BCUT2D eigenvalue weighted by Crippen LogP contribution is 2.14. The summed E-state index contributed by atoms with van der Waals surface area (Å²) in [5, 5.41) is 2.31. The molecule has 0 radical (unpaired) electrons. The Balaban J connectivity index is 2.53. The summed E-state index contributed by atoms with van der Waals surface area (Å²) in [4.78, 5) is 0. The molecule has 1 heterocycles. The average Bonchev–Trinajstić information content (AvgIpc) is 2.13. The Bertz CT molecular complexity index is 155. The smallest absolute Gasteiger partial charge is 0.108 e. The largest absolute Gasteiger partial charge is 0.247 e. The fourth-order valence-corrected chi connectivity index (χ4v) is 1.43. The quantitative estimate of drug-likeness (QED) is 0.373. The number of quaternary nitrogens is 1. The van der Waals surface area contributed by atoms with E-state index in [1.807, 2.05) is 0 Å². The molecular weight excluding hydrogens is 124 g/mol. The van der Waals surface area contributed by atoms with Gasteiger partial charge in [0.1, 0.15) is 6.54 Å². The molecule has 0 aliphatic carbocycles. The molecule has 1 aliphatic rings. The molecular formula is C8H15N2+. The minimum absolute atomic E-state index is 0.785. The molecule has 0 saturated carbocycles. The van der Waals surface area contributed by atoms with Crippen molar-refractivity contribution in [3.05, 3.63) is 0 Å². The second kappa shape index (κ2) is 2.61. The Morgan fingerprint density at radius 2 is 2.30 bits per heavy atom. The highest BCUT2D eigenvalue weighted by molar-refractivity contribution is 4.86. The minimum atomic E-state index is 0.785. The van der Waals surface area contributed by atoms with E-state index in [1.165, 1.54) is 13.0 Å². The van der Waals surface area contributed by atoms with Gasteiger partial charge in [-0.25, -0.2) is 4.59 Å². The van der Waals surface area contributed by atoms with E-state index in [0.717, 1.165) is 17.7 Å². The van der Waals surface area contributed by atoms with Gasteiger partial charge in [0.15, 0.2) is 0 Å². The fourth-order valence-electron chi connectivity index (χ4n) is 1.43. The fraction of sp³-hybridized carbons (Fsp3) is 0.750. The van der Waals surface area contributed by atoms with E-state index in [2.05, 4.69) is 25.0 Å². The van der Waals surface area contributed by atoms with Gasteiger partial charge in [-0.15, -0.1) is 11.4 Å². The summed E-state index contributed by atoms with van der Waals surface area (Å²) < 4.78 is 0.962. The lowest BCUT2D eigenvalue weighted by atomic mass is 10.4. The first-order chi connectivity index (χ1) is 4.67. The number of rotatable bonds is 1. The van der Waals surface area contributed by atoms with Crippen LogP contribution in [0, 0.1) is 12.3 Å². The molecule has 0 N–H and O–H groups in total. The highest BCUT2D eigenvalue weighted by Gasteiger charge is 2.30. The van der Waals surface area contributed by atoms with Gasteiger partial charge < -0.3 is 0 Å². The van der Waals surface area contributed by atoms with Crippen molar-refractivity contribution in [2.24, 2.45) is 0 Å². The number of hydrogen-bond donors (Lipinski definition) is 0. The van der Waals surface area contributed by atoms with Gasteiger partial charge in [-0.1, -0.05) is 5.92 Å². The number of terminal acetylenes is 1. The maximum absolute atomic E-state index is 5.23. The van der Waals surface area contributed by atoms with Gasteiger partial charge in [-0.2, -0.15) is 0 Å². The van der Waals surface area contributed by atoms with Gasteiger partial charge in [-0.05, 0) is 0 Å². The predicted octanol–water partition coefficient (Wildman–Crippen LogP) is 0.317. The normalized spacial score (nSPS) is 24.5. The lowest BCUT2D eigenvalue weighted by Gasteiger charge is -2.31. The molecule has 0 spiro atoms. The van der Waals surface area contributed by atoms with Crippen LogP contribution in [-0.2, 0) is 0 Å². The Morgan fingerprint density at radius 3 is 2.70 bits per heavy atom. The van der Waals surface area contributed by atoms with E-state index in [4.69, 9.17) is 6.42 Å². The van der Waals surface area contributed by atoms with Gasteiger partial charge in [0.2, 0.25) is 0 Å². The first-order valence-corrected chi connectivity index (χ1v) is 3.69. The topological polar surface area (TPSA) is 3.24 Å². The summed E-state index contributed by atoms with van der Waals surface area (Å²) in [6, 6.07) is 0. The zero-order chi connectivity index (χ0) is 7.61. The van der Waals surface area contributed by atoms with Crippen LogP contribution in [0.5, 0.6) is 0 Å². The molecule has 2 heteroatoms. The lowest BCUT2D eigenvalue weighted by Crippen LogP contribution is -2.49. The van der Waals surface area contributed by atoms with E-state index < -0.39 is 0 Å². The van der Waals surface area contributed by atoms with Crippen molar-refractivity contribution in [1.82, 2.24) is 5.01 Å². The van der Waals surface area contributed by atoms with Crippen molar-refractivity contribution in [3.8, 4) is 12.3 Å². The SMILES string of the molecule is C#CCN1CCC[N+]1(C)C. The zero-order valence-corrected chi connectivity index (χ0v) is 6.80. The Morgan fingerprint density at radius 1 is 1.60 bits per heavy atom. The van der Waals surface area contributed by atoms with Gasteiger partial charge >= 0.3 is 0 Å². The van der Waals surface area contributed by atoms with Crippen LogP contribution in [0.3, 0.4) is 0 Å². The molecule has 1 aliphatic heterocycles. The maximum Gasteiger partial charge on any atom is 0.108 e. The first-order valence-electron chi connectivity index (χ1n) is 3.69. The van der Waals surface area contributed by atoms with Crippen LogP contribution in [0.15, 0.2) is 0 Å². The highest BCUT2D eigenvalue weighted by atomic mass is 15.7. The van der Waals surface area contributed by atoms with Crippen molar-refractivity contribution in [2.75, 3.05) is 33.7 Å². The molecule has 0 aromatic carbocycles. The van der Waals surface area contributed by atoms with Crippen molar-refractivity contribution < 1.29 is 4.59 Å². The van der Waals surface area contributed by atoms with Gasteiger partial charge in [0, 0.05) is 6.42 Å². The van der Waals surface area contributed by atoms with Crippen LogP contribution in [0.2, 0.25) is 0 Å². The van der Waals surface area contributed by atoms with Gasteiger partial charge in [0.25, 0.3) is 0 Å². The monoisotopic (exact) mass is 139 g/mol. The molecule has 10 heavy (non-hydrogen) atoms. The Hall–Kier alpha value is -0.520. The van der Waals surface area contributed by atoms with Gasteiger partial charge in [-0.3, -0.25) is 0 Å². The molecule has 1 fully saturated rings. The van der Waals surface area contributed by atoms with Crippen molar-refractivity contribution in [1.29, 1.82) is 0 Å². The van der Waals surface area contributed by atoms with Crippen molar-refractivity contribution in [2.45, 2.75) is 6.42 Å². The standard InChI is InChI=1S/C8H15N2/c1-4-6-9-7-5-8-10(9,2)3/h1H,5-8H2,2-3H3/q+1. The molecule has 56 valence electrons. The summed E-state index contributed by atoms with van der Waals surface area (Å²) in [6.45, 7) is 3.16. The molecule has 0 bridgehead atoms. The van der Waals surface area contributed by atoms with E-state index in [0.29, 0.717) is 0 Å². The van der Waals surface area contributed by atoms with E-state index in [-0.39, 0.29) is 0 Å². The van der Waals surface area contributed by atoms with Crippen LogP contribution in [0.25, 0.3) is 0 Å². The van der Waals surface area contributed by atoms with E-state index in [1.54, 1.807) is 0 Å². The van der Waals surface area contributed by atoms with Crippen molar-refractivity contribution >= 4 is 0 Å². The van der Waals surface area contributed by atoms with Gasteiger partial charge in [0.05, 0.1) is 27.2 Å². The second-order valence-electron chi connectivity index (χ2n) is 3.29. The molecule has 0 unspecified atom stereocenters. The molecule has 1 rings (SSSR count). The summed E-state index contributed by atoms with van der Waals surface area (Å²) >= 11 is 0. The summed E-state index contributed by atoms with van der Waals surface area (Å²) in [5.41, 5.74) is 0. The van der Waals surface area contributed by atoms with Crippen LogP contribution in [0.1, 0.15) is 6.42 Å². The third-order valence-corrected chi connectivity index (χ3v) is 2.16. The maximum atomic E-state index is 5.23. The minimum Gasteiger partial charge on any atom is -0.247 e. The average molecular weight is 139 g/mol. The number of nitrogens with zero attached hydrogens (tertiary/aromatic N) is 2. The van der Waals surface area contributed by atoms with Crippen molar-refractivity contribution in [3.63, 3.8) is 0 Å². The molecule has 1 saturated heterocycles. The molecule has 0 amide bonds. The number of hydrogen-bond acceptors (Lipinski definition) is 1. The van der Waals surface area contributed by atoms with Crippen LogP contribution in [0.4, 0.5) is 0 Å². The van der Waals surface area contributed by atoms with Crippen LogP contribution in [-0.4, -0.2) is 43.3 Å². The van der Waals surface area contributed by atoms with Crippen LogP contribution >= 0.6 is 0 Å². The predicted molar refractivity (Wildman–Crippen MR) is 42.0 cm³/mol. The first kappa shape index (κ1) is 7.59. The summed E-state index contributed by atoms with van der Waals surface area (Å²) in [6.07, 6.45) is 6.50. The van der Waals surface area contributed by atoms with E-state index in [9.17, 15) is 0 Å². The third kappa shape index (κ3) is 1.31. The molecule has 0 atom stereocenters. The third-order valence-electron chi connectivity index (χ3n) is 2.16. The molecule has 2 nitrogen and oxygen atoms in total. The Labute approximate surface area is 63.0 Å². The Kier molecular flexibility index (Phi) is 1.98. The molecule has 0 aromatic rings. The summed E-state index contributed by atoms with van der Waals surface area (Å²) in [7, 11) is 4.40. The zero-order valence-electron chi connectivity index (χ0n) is 6.80. The van der Waals surface area contributed by atoms with E-state index >= 15 is 0 Å². The second-order valence-corrected chi connectivity index (χ2v) is 3.29. The van der Waals surface area contributed by atoms with Crippen LogP contribution < -0.4 is 0 Å². The summed E-state index contributed by atoms with van der Waals surface area (Å²) in [5.74, 6) is 2.68.